The Bertz CT molecular complexity index is 609. The maximum absolute atomic E-state index is 4.20. The van der Waals surface area contributed by atoms with Gasteiger partial charge in [-0.15, -0.1) is 5.10 Å². The summed E-state index contributed by atoms with van der Waals surface area (Å²) in [4.78, 5) is 2.45. The van der Waals surface area contributed by atoms with Gasteiger partial charge in [-0.2, -0.15) is 5.10 Å². The number of H-pyrrole nitrogens is 1. The second-order valence-electron chi connectivity index (χ2n) is 6.24. The van der Waals surface area contributed by atoms with Crippen LogP contribution in [0.4, 0.5) is 0 Å². The molecule has 6 heteroatoms. The largest absolute Gasteiger partial charge is 0.292 e. The van der Waals surface area contributed by atoms with Crippen molar-refractivity contribution in [1.29, 1.82) is 0 Å². The number of hydrogen-bond acceptors (Lipinski definition) is 4. The number of nitrogens with one attached hydrogen (secondary N) is 1. The summed E-state index contributed by atoms with van der Waals surface area (Å²) >= 11 is 0. The summed E-state index contributed by atoms with van der Waals surface area (Å²) in [6.45, 7) is 12.4. The zero-order chi connectivity index (χ0) is 14.3. The Balaban J connectivity index is 1.85. The Kier molecular flexibility index (Phi) is 3.12. The highest BCUT2D eigenvalue weighted by Crippen LogP contribution is 2.32. The Labute approximate surface area is 119 Å². The van der Waals surface area contributed by atoms with Crippen LogP contribution in [0.1, 0.15) is 43.4 Å². The molecule has 0 fully saturated rings. The van der Waals surface area contributed by atoms with Gasteiger partial charge in [0, 0.05) is 42.9 Å². The highest BCUT2D eigenvalue weighted by molar-refractivity contribution is 5.27. The van der Waals surface area contributed by atoms with Gasteiger partial charge in [0.25, 0.3) is 0 Å². The van der Waals surface area contributed by atoms with Gasteiger partial charge in [-0.1, -0.05) is 19.1 Å². The molecular formula is C14H22N6. The van der Waals surface area contributed by atoms with Crippen molar-refractivity contribution in [2.24, 2.45) is 0 Å². The van der Waals surface area contributed by atoms with E-state index in [2.05, 4.69) is 46.2 Å². The van der Waals surface area contributed by atoms with E-state index in [1.165, 1.54) is 17.0 Å². The molecule has 1 aliphatic rings. The molecule has 3 rings (SSSR count). The lowest BCUT2D eigenvalue weighted by Gasteiger charge is -2.37. The highest BCUT2D eigenvalue weighted by Gasteiger charge is 2.33. The molecule has 1 N–H and O–H groups in total. The summed E-state index contributed by atoms with van der Waals surface area (Å²) in [6.07, 6.45) is 1.95. The average Bonchev–Trinajstić information content (AvgIpc) is 2.97. The van der Waals surface area contributed by atoms with E-state index in [0.717, 1.165) is 31.9 Å². The minimum Gasteiger partial charge on any atom is -0.292 e. The number of aromatic nitrogens is 5. The molecule has 1 aliphatic heterocycles. The van der Waals surface area contributed by atoms with Crippen molar-refractivity contribution < 1.29 is 0 Å². The third-order valence-corrected chi connectivity index (χ3v) is 4.11. The molecule has 0 atom stereocenters. The van der Waals surface area contributed by atoms with Crippen LogP contribution in [0.3, 0.4) is 0 Å². The number of aryl methyl sites for hydroxylation is 2. The van der Waals surface area contributed by atoms with Crippen molar-refractivity contribution in [2.75, 3.05) is 6.54 Å². The molecule has 0 aliphatic carbocycles. The molecule has 0 bridgehead atoms. The summed E-state index contributed by atoms with van der Waals surface area (Å²) in [6, 6.07) is 0. The predicted octanol–water partition coefficient (Wildman–Crippen LogP) is 1.62. The van der Waals surface area contributed by atoms with E-state index in [1.54, 1.807) is 0 Å². The van der Waals surface area contributed by atoms with Gasteiger partial charge in [0.1, 0.15) is 0 Å². The molecule has 2 aromatic rings. The first-order chi connectivity index (χ1) is 9.51. The fourth-order valence-electron chi connectivity index (χ4n) is 3.15. The smallest absolute Gasteiger partial charge is 0.0841 e. The van der Waals surface area contributed by atoms with Gasteiger partial charge in [-0.3, -0.25) is 10.00 Å². The Morgan fingerprint density at radius 2 is 2.20 bits per heavy atom. The standard InChI is InChI=1S/C14H22N6/c1-5-20-12(10(2)16-18-20)8-19-7-11-6-15-17-13(11)14(3,4)9-19/h6H,5,7-9H2,1-4H3,(H,15,17). The van der Waals surface area contributed by atoms with Gasteiger partial charge in [0.2, 0.25) is 0 Å². The first-order valence-electron chi connectivity index (χ1n) is 7.15. The van der Waals surface area contributed by atoms with Crippen molar-refractivity contribution in [3.8, 4) is 0 Å². The predicted molar refractivity (Wildman–Crippen MR) is 76.2 cm³/mol. The maximum atomic E-state index is 4.20. The summed E-state index contributed by atoms with van der Waals surface area (Å²) in [5.41, 5.74) is 4.92. The minimum atomic E-state index is 0.0997. The average molecular weight is 274 g/mol. The molecule has 108 valence electrons. The summed E-state index contributed by atoms with van der Waals surface area (Å²) in [5, 5.41) is 15.7. The van der Waals surface area contributed by atoms with Crippen molar-refractivity contribution in [3.05, 3.63) is 28.8 Å². The van der Waals surface area contributed by atoms with E-state index < -0.39 is 0 Å². The summed E-state index contributed by atoms with van der Waals surface area (Å²) < 4.78 is 1.99. The number of hydrogen-bond donors (Lipinski definition) is 1. The SMILES string of the molecule is CCn1nnc(C)c1CN1Cc2cn[nH]c2C(C)(C)C1. The van der Waals surface area contributed by atoms with E-state index in [0.29, 0.717) is 0 Å². The topological polar surface area (TPSA) is 62.6 Å². The third-order valence-electron chi connectivity index (χ3n) is 4.11. The van der Waals surface area contributed by atoms with Gasteiger partial charge >= 0.3 is 0 Å². The molecule has 0 spiro atoms. The summed E-state index contributed by atoms with van der Waals surface area (Å²) in [7, 11) is 0. The fraction of sp³-hybridized carbons (Fsp3) is 0.643. The van der Waals surface area contributed by atoms with Crippen molar-refractivity contribution in [3.63, 3.8) is 0 Å². The second kappa shape index (κ2) is 4.70. The lowest BCUT2D eigenvalue weighted by Crippen LogP contribution is -2.42. The van der Waals surface area contributed by atoms with E-state index in [9.17, 15) is 0 Å². The van der Waals surface area contributed by atoms with Crippen LogP contribution in [0.25, 0.3) is 0 Å². The fourth-order valence-corrected chi connectivity index (χ4v) is 3.15. The summed E-state index contributed by atoms with van der Waals surface area (Å²) in [5.74, 6) is 0. The van der Waals surface area contributed by atoms with Crippen molar-refractivity contribution in [2.45, 2.75) is 52.7 Å². The molecule has 2 aromatic heterocycles. The molecule has 0 saturated heterocycles. The molecule has 0 radical (unpaired) electrons. The number of rotatable bonds is 3. The highest BCUT2D eigenvalue weighted by atomic mass is 15.4. The molecule has 0 amide bonds. The van der Waals surface area contributed by atoms with Crippen LogP contribution in [0.5, 0.6) is 0 Å². The second-order valence-corrected chi connectivity index (χ2v) is 6.24. The zero-order valence-electron chi connectivity index (χ0n) is 12.6. The number of fused-ring (bicyclic) bond motifs is 1. The van der Waals surface area contributed by atoms with Crippen LogP contribution in [0, 0.1) is 6.92 Å². The number of nitrogens with zero attached hydrogens (tertiary/aromatic N) is 5. The third kappa shape index (κ3) is 2.14. The first-order valence-corrected chi connectivity index (χ1v) is 7.15. The van der Waals surface area contributed by atoms with Gasteiger partial charge < -0.3 is 0 Å². The van der Waals surface area contributed by atoms with Crippen LogP contribution in [-0.2, 0) is 25.0 Å². The van der Waals surface area contributed by atoms with E-state index in [-0.39, 0.29) is 5.41 Å². The van der Waals surface area contributed by atoms with E-state index in [4.69, 9.17) is 0 Å². The molecule has 3 heterocycles. The monoisotopic (exact) mass is 274 g/mol. The zero-order valence-corrected chi connectivity index (χ0v) is 12.6. The quantitative estimate of drug-likeness (QED) is 0.924. The van der Waals surface area contributed by atoms with Crippen LogP contribution in [-0.4, -0.2) is 36.6 Å². The van der Waals surface area contributed by atoms with E-state index in [1.807, 2.05) is 17.8 Å². The maximum Gasteiger partial charge on any atom is 0.0841 e. The van der Waals surface area contributed by atoms with Gasteiger partial charge in [-0.05, 0) is 13.8 Å². The molecule has 0 unspecified atom stereocenters. The van der Waals surface area contributed by atoms with Crippen molar-refractivity contribution in [1.82, 2.24) is 30.1 Å². The van der Waals surface area contributed by atoms with Crippen LogP contribution >= 0.6 is 0 Å². The molecule has 6 nitrogen and oxygen atoms in total. The lowest BCUT2D eigenvalue weighted by atomic mass is 9.83. The van der Waals surface area contributed by atoms with Crippen LogP contribution in [0.2, 0.25) is 0 Å². The van der Waals surface area contributed by atoms with E-state index >= 15 is 0 Å². The van der Waals surface area contributed by atoms with Crippen LogP contribution in [0.15, 0.2) is 6.20 Å². The Morgan fingerprint density at radius 1 is 1.40 bits per heavy atom. The molecular weight excluding hydrogens is 252 g/mol. The Hall–Kier alpha value is -1.69. The molecule has 0 saturated carbocycles. The first kappa shape index (κ1) is 13.3. The number of aromatic amines is 1. The molecule has 0 aromatic carbocycles. The van der Waals surface area contributed by atoms with Crippen molar-refractivity contribution >= 4 is 0 Å². The normalized spacial score (nSPS) is 18.2. The van der Waals surface area contributed by atoms with Gasteiger partial charge in [0.05, 0.1) is 17.6 Å². The molecule has 20 heavy (non-hydrogen) atoms. The van der Waals surface area contributed by atoms with Crippen LogP contribution < -0.4 is 0 Å². The Morgan fingerprint density at radius 3 is 2.95 bits per heavy atom. The van der Waals surface area contributed by atoms with Gasteiger partial charge in [0.15, 0.2) is 0 Å². The minimum absolute atomic E-state index is 0.0997. The lowest BCUT2D eigenvalue weighted by molar-refractivity contribution is 0.179. The van der Waals surface area contributed by atoms with Gasteiger partial charge in [-0.25, -0.2) is 4.68 Å².